The Morgan fingerprint density at radius 3 is 2.54 bits per heavy atom. The highest BCUT2D eigenvalue weighted by atomic mass is 14.9. The van der Waals surface area contributed by atoms with Crippen LogP contribution in [0.4, 0.5) is 0 Å². The molecule has 1 aliphatic heterocycles. The quantitative estimate of drug-likeness (QED) is 0.672. The van der Waals surface area contributed by atoms with Crippen molar-refractivity contribution >= 4 is 0 Å². The van der Waals surface area contributed by atoms with Crippen LogP contribution in [0, 0.1) is 6.92 Å². The first kappa shape index (κ1) is 8.76. The standard InChI is InChI=1S/C12H17N/c1-10-5-7-11(8-6-10)12-4-2-3-9-13-12/h5-8,12-13H,2-4,9H2,1H3/p+1/t12-/m0/s1. The van der Waals surface area contributed by atoms with Crippen molar-refractivity contribution in [3.63, 3.8) is 0 Å². The molecule has 0 aliphatic carbocycles. The second-order valence-electron chi connectivity index (χ2n) is 4.04. The van der Waals surface area contributed by atoms with Gasteiger partial charge in [0.15, 0.2) is 0 Å². The van der Waals surface area contributed by atoms with Gasteiger partial charge < -0.3 is 5.32 Å². The van der Waals surface area contributed by atoms with Gasteiger partial charge in [0, 0.05) is 12.0 Å². The van der Waals surface area contributed by atoms with Crippen LogP contribution in [0.5, 0.6) is 0 Å². The molecular weight excluding hydrogens is 158 g/mol. The van der Waals surface area contributed by atoms with Gasteiger partial charge in [-0.1, -0.05) is 29.8 Å². The lowest BCUT2D eigenvalue weighted by Gasteiger charge is -2.20. The summed E-state index contributed by atoms with van der Waals surface area (Å²) in [6.45, 7) is 3.45. The number of aryl methyl sites for hydroxylation is 1. The Balaban J connectivity index is 2.10. The Bertz CT molecular complexity index is 257. The summed E-state index contributed by atoms with van der Waals surface area (Å²) in [5.41, 5.74) is 2.87. The van der Waals surface area contributed by atoms with Gasteiger partial charge in [0.05, 0.1) is 6.54 Å². The van der Waals surface area contributed by atoms with Crippen LogP contribution in [0.1, 0.15) is 36.4 Å². The molecule has 70 valence electrons. The van der Waals surface area contributed by atoms with Crippen molar-refractivity contribution < 1.29 is 5.32 Å². The highest BCUT2D eigenvalue weighted by molar-refractivity contribution is 5.22. The normalized spacial score (nSPS) is 23.0. The molecular formula is C12H18N+. The zero-order valence-corrected chi connectivity index (χ0v) is 8.29. The minimum atomic E-state index is 0.731. The molecule has 0 saturated carbocycles. The van der Waals surface area contributed by atoms with Gasteiger partial charge in [0.1, 0.15) is 6.04 Å². The molecule has 1 nitrogen and oxygen atoms in total. The Kier molecular flexibility index (Phi) is 2.65. The zero-order valence-electron chi connectivity index (χ0n) is 8.29. The van der Waals surface area contributed by atoms with E-state index in [-0.39, 0.29) is 0 Å². The molecule has 1 atom stereocenters. The maximum Gasteiger partial charge on any atom is 0.112 e. The van der Waals surface area contributed by atoms with Crippen LogP contribution in [0.3, 0.4) is 0 Å². The number of benzene rings is 1. The van der Waals surface area contributed by atoms with Crippen molar-refractivity contribution in [2.75, 3.05) is 6.54 Å². The van der Waals surface area contributed by atoms with E-state index >= 15 is 0 Å². The van der Waals surface area contributed by atoms with Crippen LogP contribution < -0.4 is 5.32 Å². The van der Waals surface area contributed by atoms with Gasteiger partial charge in [0.25, 0.3) is 0 Å². The third-order valence-electron chi connectivity index (χ3n) is 2.93. The summed E-state index contributed by atoms with van der Waals surface area (Å²) in [5, 5.41) is 2.48. The fourth-order valence-electron chi connectivity index (χ4n) is 2.06. The number of quaternary nitrogens is 1. The number of nitrogens with two attached hydrogens (primary N) is 1. The van der Waals surface area contributed by atoms with Gasteiger partial charge >= 0.3 is 0 Å². The summed E-state index contributed by atoms with van der Waals surface area (Å²) in [4.78, 5) is 0. The lowest BCUT2D eigenvalue weighted by Crippen LogP contribution is -2.86. The van der Waals surface area contributed by atoms with Crippen molar-refractivity contribution in [3.05, 3.63) is 35.4 Å². The summed E-state index contributed by atoms with van der Waals surface area (Å²) in [7, 11) is 0. The second kappa shape index (κ2) is 3.93. The van der Waals surface area contributed by atoms with Crippen LogP contribution in [0.15, 0.2) is 24.3 Å². The van der Waals surface area contributed by atoms with E-state index in [4.69, 9.17) is 0 Å². The van der Waals surface area contributed by atoms with E-state index < -0.39 is 0 Å². The first-order valence-corrected chi connectivity index (χ1v) is 5.26. The monoisotopic (exact) mass is 176 g/mol. The lowest BCUT2D eigenvalue weighted by atomic mass is 9.97. The Morgan fingerprint density at radius 1 is 1.15 bits per heavy atom. The maximum atomic E-state index is 2.48. The van der Waals surface area contributed by atoms with Crippen LogP contribution in [-0.4, -0.2) is 6.54 Å². The average molecular weight is 176 g/mol. The molecule has 0 radical (unpaired) electrons. The van der Waals surface area contributed by atoms with E-state index in [0.29, 0.717) is 0 Å². The SMILES string of the molecule is Cc1ccc([C@@H]2CCCC[NH2+]2)cc1. The molecule has 1 saturated heterocycles. The Hall–Kier alpha value is -0.820. The molecule has 0 spiro atoms. The van der Waals surface area contributed by atoms with Gasteiger partial charge in [-0.15, -0.1) is 0 Å². The molecule has 2 N–H and O–H groups in total. The smallest absolute Gasteiger partial charge is 0.112 e. The van der Waals surface area contributed by atoms with E-state index in [1.54, 1.807) is 0 Å². The number of rotatable bonds is 1. The average Bonchev–Trinajstić information content (AvgIpc) is 2.20. The molecule has 0 unspecified atom stereocenters. The first-order valence-electron chi connectivity index (χ1n) is 5.26. The number of hydrogen-bond acceptors (Lipinski definition) is 0. The number of piperidine rings is 1. The fraction of sp³-hybridized carbons (Fsp3) is 0.500. The summed E-state index contributed by atoms with van der Waals surface area (Å²) < 4.78 is 0. The Labute approximate surface area is 80.2 Å². The second-order valence-corrected chi connectivity index (χ2v) is 4.04. The highest BCUT2D eigenvalue weighted by Crippen LogP contribution is 2.17. The maximum absolute atomic E-state index is 2.48. The highest BCUT2D eigenvalue weighted by Gasteiger charge is 2.17. The van der Waals surface area contributed by atoms with E-state index in [0.717, 1.165) is 6.04 Å². The molecule has 2 rings (SSSR count). The molecule has 1 aromatic rings. The van der Waals surface area contributed by atoms with Crippen molar-refractivity contribution in [2.45, 2.75) is 32.2 Å². The van der Waals surface area contributed by atoms with Crippen molar-refractivity contribution in [3.8, 4) is 0 Å². The molecule has 1 aliphatic rings. The van der Waals surface area contributed by atoms with E-state index in [9.17, 15) is 0 Å². The predicted molar refractivity (Wildman–Crippen MR) is 54.6 cm³/mol. The molecule has 1 aromatic carbocycles. The summed E-state index contributed by atoms with van der Waals surface area (Å²) >= 11 is 0. The van der Waals surface area contributed by atoms with Crippen LogP contribution >= 0.6 is 0 Å². The minimum absolute atomic E-state index is 0.731. The lowest BCUT2D eigenvalue weighted by molar-refractivity contribution is -0.704. The van der Waals surface area contributed by atoms with Crippen molar-refractivity contribution in [1.82, 2.24) is 0 Å². The molecule has 0 bridgehead atoms. The van der Waals surface area contributed by atoms with E-state index in [1.165, 1.54) is 36.9 Å². The van der Waals surface area contributed by atoms with Gasteiger partial charge in [-0.3, -0.25) is 0 Å². The third kappa shape index (κ3) is 2.10. The summed E-state index contributed by atoms with van der Waals surface area (Å²) in [6.07, 6.45) is 4.14. The fourth-order valence-corrected chi connectivity index (χ4v) is 2.06. The molecule has 1 heteroatoms. The zero-order chi connectivity index (χ0) is 9.10. The van der Waals surface area contributed by atoms with Gasteiger partial charge in [-0.05, 0) is 19.8 Å². The van der Waals surface area contributed by atoms with Crippen LogP contribution in [-0.2, 0) is 0 Å². The van der Waals surface area contributed by atoms with Crippen LogP contribution in [0.25, 0.3) is 0 Å². The first-order chi connectivity index (χ1) is 6.36. The van der Waals surface area contributed by atoms with Crippen LogP contribution in [0.2, 0.25) is 0 Å². The molecule has 1 heterocycles. The van der Waals surface area contributed by atoms with E-state index in [2.05, 4.69) is 36.5 Å². The van der Waals surface area contributed by atoms with Gasteiger partial charge in [0.2, 0.25) is 0 Å². The number of hydrogen-bond donors (Lipinski definition) is 1. The third-order valence-corrected chi connectivity index (χ3v) is 2.93. The molecule has 1 fully saturated rings. The molecule has 0 amide bonds. The molecule has 13 heavy (non-hydrogen) atoms. The predicted octanol–water partition coefficient (Wildman–Crippen LogP) is 1.78. The van der Waals surface area contributed by atoms with Gasteiger partial charge in [-0.2, -0.15) is 0 Å². The minimum Gasteiger partial charge on any atom is -0.340 e. The van der Waals surface area contributed by atoms with E-state index in [1.807, 2.05) is 0 Å². The molecule has 0 aromatic heterocycles. The Morgan fingerprint density at radius 2 is 1.92 bits per heavy atom. The van der Waals surface area contributed by atoms with Crippen molar-refractivity contribution in [1.29, 1.82) is 0 Å². The summed E-state index contributed by atoms with van der Waals surface area (Å²) in [5.74, 6) is 0. The topological polar surface area (TPSA) is 16.6 Å². The van der Waals surface area contributed by atoms with Crippen molar-refractivity contribution in [2.24, 2.45) is 0 Å². The summed E-state index contributed by atoms with van der Waals surface area (Å²) in [6, 6.07) is 9.73. The largest absolute Gasteiger partial charge is 0.340 e. The van der Waals surface area contributed by atoms with Gasteiger partial charge in [-0.25, -0.2) is 0 Å².